The van der Waals surface area contributed by atoms with Gasteiger partial charge in [0, 0.05) is 5.56 Å². The van der Waals surface area contributed by atoms with Gasteiger partial charge in [-0.2, -0.15) is 13.4 Å². The highest BCUT2D eigenvalue weighted by atomic mass is 32.2. The Morgan fingerprint density at radius 1 is 0.935 bits per heavy atom. The SMILES string of the molecule is COc1ccc(-n2nc(OCCF)nc2-c2ccc(OCCOS(C)(=O)=O)cc2)cc1. The largest absolute Gasteiger partial charge is 0.497 e. The highest BCUT2D eigenvalue weighted by Crippen LogP contribution is 2.26. The lowest BCUT2D eigenvalue weighted by Crippen LogP contribution is -2.11. The Hall–Kier alpha value is -3.18. The van der Waals surface area contributed by atoms with Crippen molar-refractivity contribution in [1.29, 1.82) is 0 Å². The van der Waals surface area contributed by atoms with Gasteiger partial charge in [-0.3, -0.25) is 4.18 Å². The molecule has 0 fully saturated rings. The fourth-order valence-corrected chi connectivity index (χ4v) is 2.99. The zero-order valence-corrected chi connectivity index (χ0v) is 17.8. The van der Waals surface area contributed by atoms with E-state index < -0.39 is 16.8 Å². The number of halogens is 1. The molecule has 3 aromatic rings. The first-order valence-electron chi connectivity index (χ1n) is 9.27. The van der Waals surface area contributed by atoms with Crippen molar-refractivity contribution in [2.75, 3.05) is 39.9 Å². The molecule has 9 nitrogen and oxygen atoms in total. The number of ether oxygens (including phenoxy) is 3. The molecule has 0 unspecified atom stereocenters. The first-order valence-corrected chi connectivity index (χ1v) is 11.1. The minimum absolute atomic E-state index is 0.0571. The summed E-state index contributed by atoms with van der Waals surface area (Å²) in [4.78, 5) is 4.37. The van der Waals surface area contributed by atoms with E-state index in [0.717, 1.165) is 17.5 Å². The van der Waals surface area contributed by atoms with Gasteiger partial charge >= 0.3 is 6.01 Å². The Morgan fingerprint density at radius 2 is 1.61 bits per heavy atom. The zero-order chi connectivity index (χ0) is 22.3. The van der Waals surface area contributed by atoms with Crippen LogP contribution in [0.4, 0.5) is 4.39 Å². The molecule has 0 amide bonds. The lowest BCUT2D eigenvalue weighted by Gasteiger charge is -2.09. The molecule has 0 saturated heterocycles. The van der Waals surface area contributed by atoms with Gasteiger partial charge in [0.05, 0.1) is 19.1 Å². The quantitative estimate of drug-likeness (QED) is 0.324. The van der Waals surface area contributed by atoms with Gasteiger partial charge in [0.1, 0.15) is 38.0 Å². The van der Waals surface area contributed by atoms with Gasteiger partial charge in [0.25, 0.3) is 10.1 Å². The van der Waals surface area contributed by atoms with Crippen molar-refractivity contribution in [2.45, 2.75) is 0 Å². The molecule has 166 valence electrons. The summed E-state index contributed by atoms with van der Waals surface area (Å²) in [6.07, 6.45) is 0.978. The second-order valence-electron chi connectivity index (χ2n) is 6.26. The molecule has 0 radical (unpaired) electrons. The summed E-state index contributed by atoms with van der Waals surface area (Å²) >= 11 is 0. The zero-order valence-electron chi connectivity index (χ0n) is 17.0. The van der Waals surface area contributed by atoms with Crippen molar-refractivity contribution in [1.82, 2.24) is 14.8 Å². The van der Waals surface area contributed by atoms with Gasteiger partial charge in [-0.05, 0) is 48.5 Å². The molecule has 1 heterocycles. The fraction of sp³-hybridized carbons (Fsp3) is 0.300. The van der Waals surface area contributed by atoms with Crippen LogP contribution in [0.3, 0.4) is 0 Å². The topological polar surface area (TPSA) is 102 Å². The maximum absolute atomic E-state index is 12.5. The third kappa shape index (κ3) is 6.40. The van der Waals surface area contributed by atoms with Crippen LogP contribution in [0.2, 0.25) is 0 Å². The predicted octanol–water partition coefficient (Wildman–Crippen LogP) is 2.65. The Labute approximate surface area is 179 Å². The van der Waals surface area contributed by atoms with Crippen LogP contribution in [-0.2, 0) is 14.3 Å². The van der Waals surface area contributed by atoms with Gasteiger partial charge in [-0.15, -0.1) is 5.10 Å². The Bertz CT molecular complexity index is 1090. The highest BCUT2D eigenvalue weighted by molar-refractivity contribution is 7.85. The van der Waals surface area contributed by atoms with Crippen molar-refractivity contribution < 1.29 is 31.2 Å². The van der Waals surface area contributed by atoms with Crippen LogP contribution >= 0.6 is 0 Å². The Morgan fingerprint density at radius 3 is 2.23 bits per heavy atom. The van der Waals surface area contributed by atoms with Crippen LogP contribution in [0.1, 0.15) is 0 Å². The minimum Gasteiger partial charge on any atom is -0.497 e. The average molecular weight is 451 g/mol. The summed E-state index contributed by atoms with van der Waals surface area (Å²) in [6, 6.07) is 14.2. The van der Waals surface area contributed by atoms with E-state index >= 15 is 0 Å². The van der Waals surface area contributed by atoms with Crippen molar-refractivity contribution in [3.63, 3.8) is 0 Å². The minimum atomic E-state index is -3.50. The van der Waals surface area contributed by atoms with E-state index in [0.29, 0.717) is 17.3 Å². The van der Waals surface area contributed by atoms with Gasteiger partial charge in [0.2, 0.25) is 0 Å². The summed E-state index contributed by atoms with van der Waals surface area (Å²) in [6.45, 7) is -0.798. The normalized spacial score (nSPS) is 11.3. The van der Waals surface area contributed by atoms with E-state index in [9.17, 15) is 12.8 Å². The summed E-state index contributed by atoms with van der Waals surface area (Å²) in [5, 5.41) is 4.33. The molecule has 0 aliphatic rings. The molecule has 0 atom stereocenters. The third-order valence-electron chi connectivity index (χ3n) is 3.98. The molecule has 31 heavy (non-hydrogen) atoms. The van der Waals surface area contributed by atoms with Crippen LogP contribution in [0.5, 0.6) is 17.5 Å². The lowest BCUT2D eigenvalue weighted by atomic mass is 10.2. The number of benzene rings is 2. The van der Waals surface area contributed by atoms with Gasteiger partial charge in [-0.25, -0.2) is 9.07 Å². The van der Waals surface area contributed by atoms with E-state index in [4.69, 9.17) is 14.2 Å². The number of hydrogen-bond acceptors (Lipinski definition) is 8. The number of alkyl halides is 1. The summed E-state index contributed by atoms with van der Waals surface area (Å²) in [5.74, 6) is 1.72. The molecule has 1 aromatic heterocycles. The number of rotatable bonds is 11. The summed E-state index contributed by atoms with van der Waals surface area (Å²) < 4.78 is 56.6. The average Bonchev–Trinajstić information content (AvgIpc) is 3.19. The molecule has 0 aliphatic heterocycles. The molecule has 3 rings (SSSR count). The fourth-order valence-electron chi connectivity index (χ4n) is 2.62. The van der Waals surface area contributed by atoms with Crippen molar-refractivity contribution in [3.05, 3.63) is 48.5 Å². The molecule has 2 aromatic carbocycles. The molecular weight excluding hydrogens is 429 g/mol. The predicted molar refractivity (Wildman–Crippen MR) is 111 cm³/mol. The van der Waals surface area contributed by atoms with Gasteiger partial charge in [-0.1, -0.05) is 0 Å². The molecule has 0 spiro atoms. The maximum atomic E-state index is 12.5. The van der Waals surface area contributed by atoms with Crippen molar-refractivity contribution in [3.8, 4) is 34.6 Å². The van der Waals surface area contributed by atoms with E-state index in [1.807, 2.05) is 12.1 Å². The van der Waals surface area contributed by atoms with E-state index in [1.54, 1.807) is 48.2 Å². The number of aromatic nitrogens is 3. The van der Waals surface area contributed by atoms with Gasteiger partial charge in [0.15, 0.2) is 5.82 Å². The smallest absolute Gasteiger partial charge is 0.336 e. The van der Waals surface area contributed by atoms with E-state index in [-0.39, 0.29) is 25.8 Å². The maximum Gasteiger partial charge on any atom is 0.336 e. The van der Waals surface area contributed by atoms with Crippen LogP contribution in [-0.4, -0.2) is 63.0 Å². The van der Waals surface area contributed by atoms with Crippen molar-refractivity contribution in [2.24, 2.45) is 0 Å². The first-order chi connectivity index (χ1) is 14.9. The van der Waals surface area contributed by atoms with Crippen LogP contribution < -0.4 is 14.2 Å². The summed E-state index contributed by atoms with van der Waals surface area (Å²) in [5.41, 5.74) is 1.44. The second kappa shape index (κ2) is 10.2. The molecular formula is C20H22FN3O6S. The van der Waals surface area contributed by atoms with Gasteiger partial charge < -0.3 is 14.2 Å². The number of hydrogen-bond donors (Lipinski definition) is 0. The first kappa shape index (κ1) is 22.5. The standard InChI is InChI=1S/C20H22FN3O6S/c1-27-17-9-5-16(6-10-17)24-19(22-20(23-24)29-12-11-21)15-3-7-18(8-4-15)28-13-14-30-31(2,25)26/h3-10H,11-14H2,1-2H3. The molecule has 0 bridgehead atoms. The van der Waals surface area contributed by atoms with Crippen LogP contribution in [0.15, 0.2) is 48.5 Å². The Kier molecular flexibility index (Phi) is 7.42. The third-order valence-corrected chi connectivity index (χ3v) is 4.57. The van der Waals surface area contributed by atoms with E-state index in [1.165, 1.54) is 0 Å². The van der Waals surface area contributed by atoms with Crippen LogP contribution in [0, 0.1) is 0 Å². The van der Waals surface area contributed by atoms with E-state index in [2.05, 4.69) is 14.3 Å². The van der Waals surface area contributed by atoms with Crippen molar-refractivity contribution >= 4 is 10.1 Å². The molecule has 0 saturated carbocycles. The molecule has 0 aliphatic carbocycles. The monoisotopic (exact) mass is 451 g/mol. The van der Waals surface area contributed by atoms with Crippen LogP contribution in [0.25, 0.3) is 17.1 Å². The Balaban J connectivity index is 1.80. The molecule has 11 heteroatoms. The molecule has 0 N–H and O–H groups in total. The highest BCUT2D eigenvalue weighted by Gasteiger charge is 2.15. The number of nitrogens with zero attached hydrogens (tertiary/aromatic N) is 3. The summed E-state index contributed by atoms with van der Waals surface area (Å²) in [7, 11) is -1.92. The number of methoxy groups -OCH3 is 1. The second-order valence-corrected chi connectivity index (χ2v) is 7.91. The lowest BCUT2D eigenvalue weighted by molar-refractivity contribution is 0.222.